The van der Waals surface area contributed by atoms with E-state index in [1.54, 1.807) is 36.2 Å². The zero-order chi connectivity index (χ0) is 16.8. The molecule has 0 heterocycles. The van der Waals surface area contributed by atoms with Crippen LogP contribution in [0.2, 0.25) is 5.02 Å². The second-order valence-electron chi connectivity index (χ2n) is 5.46. The van der Waals surface area contributed by atoms with Crippen molar-refractivity contribution in [2.75, 3.05) is 25.9 Å². The van der Waals surface area contributed by atoms with E-state index < -0.39 is 0 Å². The van der Waals surface area contributed by atoms with Gasteiger partial charge in [-0.1, -0.05) is 23.7 Å². The van der Waals surface area contributed by atoms with Crippen molar-refractivity contribution in [2.45, 2.75) is 13.3 Å². The van der Waals surface area contributed by atoms with Crippen LogP contribution < -0.4 is 10.5 Å². The highest BCUT2D eigenvalue weighted by Crippen LogP contribution is 2.17. The highest BCUT2D eigenvalue weighted by Gasteiger charge is 2.14. The van der Waals surface area contributed by atoms with E-state index >= 15 is 0 Å². The molecular weight excluding hydrogens is 312 g/mol. The topological polar surface area (TPSA) is 55.6 Å². The van der Waals surface area contributed by atoms with E-state index in [4.69, 9.17) is 22.1 Å². The number of rotatable bonds is 6. The molecule has 2 aromatic carbocycles. The summed E-state index contributed by atoms with van der Waals surface area (Å²) in [5.41, 5.74) is 7.92. The molecule has 122 valence electrons. The van der Waals surface area contributed by atoms with Crippen molar-refractivity contribution in [3.63, 3.8) is 0 Å². The average molecular weight is 333 g/mol. The highest BCUT2D eigenvalue weighted by molar-refractivity contribution is 6.30. The Bertz CT molecular complexity index is 688. The van der Waals surface area contributed by atoms with Crippen molar-refractivity contribution in [3.8, 4) is 5.75 Å². The molecule has 2 aromatic rings. The molecule has 0 aromatic heterocycles. The molecule has 0 spiro atoms. The molecule has 2 N–H and O–H groups in total. The molecular formula is C18H21ClN2O2. The molecule has 0 saturated heterocycles. The van der Waals surface area contributed by atoms with Crippen molar-refractivity contribution in [3.05, 3.63) is 58.6 Å². The Labute approximate surface area is 141 Å². The number of anilines is 1. The van der Waals surface area contributed by atoms with Crippen molar-refractivity contribution >= 4 is 23.2 Å². The van der Waals surface area contributed by atoms with Gasteiger partial charge in [-0.25, -0.2) is 0 Å². The van der Waals surface area contributed by atoms with Gasteiger partial charge in [-0.15, -0.1) is 0 Å². The summed E-state index contributed by atoms with van der Waals surface area (Å²) in [6, 6.07) is 12.6. The van der Waals surface area contributed by atoms with Crippen molar-refractivity contribution < 1.29 is 9.53 Å². The summed E-state index contributed by atoms with van der Waals surface area (Å²) in [5.74, 6) is 0.704. The lowest BCUT2D eigenvalue weighted by molar-refractivity contribution is 0.0787. The molecule has 5 heteroatoms. The number of nitrogens with two attached hydrogens (primary N) is 1. The van der Waals surface area contributed by atoms with Gasteiger partial charge in [0.15, 0.2) is 0 Å². The molecule has 0 radical (unpaired) electrons. The fourth-order valence-corrected chi connectivity index (χ4v) is 2.41. The molecule has 0 saturated carbocycles. The second kappa shape index (κ2) is 7.88. The molecule has 0 aliphatic rings. The van der Waals surface area contributed by atoms with Gasteiger partial charge in [0.25, 0.3) is 5.91 Å². The smallest absolute Gasteiger partial charge is 0.253 e. The fourth-order valence-electron chi connectivity index (χ4n) is 2.23. The SMILES string of the molecule is Cc1ccc(N)cc1C(=O)N(C)CCCOc1cccc(Cl)c1. The van der Waals surface area contributed by atoms with Crippen LogP contribution in [0.1, 0.15) is 22.3 Å². The van der Waals surface area contributed by atoms with Gasteiger partial charge in [0.1, 0.15) is 5.75 Å². The average Bonchev–Trinajstić information content (AvgIpc) is 2.53. The molecule has 0 aliphatic heterocycles. The minimum atomic E-state index is -0.0300. The van der Waals surface area contributed by atoms with E-state index in [1.165, 1.54) is 0 Å². The lowest BCUT2D eigenvalue weighted by Crippen LogP contribution is -2.29. The summed E-state index contributed by atoms with van der Waals surface area (Å²) in [6.07, 6.45) is 0.732. The minimum Gasteiger partial charge on any atom is -0.493 e. The van der Waals surface area contributed by atoms with E-state index in [0.717, 1.165) is 17.7 Å². The van der Waals surface area contributed by atoms with E-state index in [-0.39, 0.29) is 5.91 Å². The highest BCUT2D eigenvalue weighted by atomic mass is 35.5. The quantitative estimate of drug-likeness (QED) is 0.647. The van der Waals surface area contributed by atoms with Crippen LogP contribution in [0.15, 0.2) is 42.5 Å². The number of benzene rings is 2. The molecule has 23 heavy (non-hydrogen) atoms. The maximum atomic E-state index is 12.4. The monoisotopic (exact) mass is 332 g/mol. The molecule has 0 fully saturated rings. The number of ether oxygens (including phenoxy) is 1. The van der Waals surface area contributed by atoms with Gasteiger partial charge in [-0.3, -0.25) is 4.79 Å². The number of nitrogens with zero attached hydrogens (tertiary/aromatic N) is 1. The van der Waals surface area contributed by atoms with Gasteiger partial charge in [0, 0.05) is 29.9 Å². The number of carbonyl (C=O) groups is 1. The predicted molar refractivity (Wildman–Crippen MR) is 94.1 cm³/mol. The van der Waals surface area contributed by atoms with Gasteiger partial charge in [-0.2, -0.15) is 0 Å². The molecule has 0 aliphatic carbocycles. The Morgan fingerprint density at radius 3 is 2.78 bits per heavy atom. The summed E-state index contributed by atoms with van der Waals surface area (Å²) in [7, 11) is 1.78. The molecule has 0 unspecified atom stereocenters. The Balaban J connectivity index is 1.83. The Morgan fingerprint density at radius 2 is 2.04 bits per heavy atom. The number of hydrogen-bond donors (Lipinski definition) is 1. The van der Waals surface area contributed by atoms with Crippen LogP contribution in [-0.2, 0) is 0 Å². The maximum Gasteiger partial charge on any atom is 0.253 e. The van der Waals surface area contributed by atoms with Crippen molar-refractivity contribution in [1.82, 2.24) is 4.90 Å². The van der Waals surface area contributed by atoms with Crippen LogP contribution in [0.4, 0.5) is 5.69 Å². The number of halogens is 1. The molecule has 1 amide bonds. The van der Waals surface area contributed by atoms with Crippen LogP contribution in [0.3, 0.4) is 0 Å². The first-order valence-electron chi connectivity index (χ1n) is 7.47. The first-order chi connectivity index (χ1) is 11.0. The van der Waals surface area contributed by atoms with E-state index in [0.29, 0.717) is 29.4 Å². The standard InChI is InChI=1S/C18H21ClN2O2/c1-13-7-8-15(20)12-17(13)18(22)21(2)9-4-10-23-16-6-3-5-14(19)11-16/h3,5-8,11-12H,4,9-10,20H2,1-2H3. The molecule has 0 atom stereocenters. The van der Waals surface area contributed by atoms with Crippen LogP contribution in [0.5, 0.6) is 5.75 Å². The van der Waals surface area contributed by atoms with Crippen LogP contribution in [-0.4, -0.2) is 31.0 Å². The molecule has 2 rings (SSSR count). The first kappa shape index (κ1) is 17.2. The summed E-state index contributed by atoms with van der Waals surface area (Å²) < 4.78 is 5.62. The molecule has 4 nitrogen and oxygen atoms in total. The van der Waals surface area contributed by atoms with Gasteiger partial charge in [0.05, 0.1) is 6.61 Å². The summed E-state index contributed by atoms with van der Waals surface area (Å²) in [6.45, 7) is 3.03. The fraction of sp³-hybridized carbons (Fsp3) is 0.278. The van der Waals surface area contributed by atoms with E-state index in [9.17, 15) is 4.79 Å². The predicted octanol–water partition coefficient (Wildman–Crippen LogP) is 3.77. The number of nitrogen functional groups attached to an aromatic ring is 1. The van der Waals surface area contributed by atoms with Gasteiger partial charge >= 0.3 is 0 Å². The Hall–Kier alpha value is -2.20. The van der Waals surface area contributed by atoms with Crippen LogP contribution >= 0.6 is 11.6 Å². The third kappa shape index (κ3) is 4.89. The molecule has 0 bridgehead atoms. The Morgan fingerprint density at radius 1 is 1.26 bits per heavy atom. The zero-order valence-electron chi connectivity index (χ0n) is 13.4. The third-order valence-corrected chi connectivity index (χ3v) is 3.78. The van der Waals surface area contributed by atoms with E-state index in [2.05, 4.69) is 0 Å². The van der Waals surface area contributed by atoms with Gasteiger partial charge in [-0.05, 0) is 49.2 Å². The lowest BCUT2D eigenvalue weighted by Gasteiger charge is -2.18. The number of carbonyl (C=O) groups excluding carboxylic acids is 1. The Kier molecular flexibility index (Phi) is 5.88. The third-order valence-electron chi connectivity index (χ3n) is 3.54. The summed E-state index contributed by atoms with van der Waals surface area (Å²) in [5, 5.41) is 0.645. The maximum absolute atomic E-state index is 12.4. The number of amides is 1. The lowest BCUT2D eigenvalue weighted by atomic mass is 10.1. The van der Waals surface area contributed by atoms with Crippen molar-refractivity contribution in [1.29, 1.82) is 0 Å². The second-order valence-corrected chi connectivity index (χ2v) is 5.90. The van der Waals surface area contributed by atoms with Crippen molar-refractivity contribution in [2.24, 2.45) is 0 Å². The summed E-state index contributed by atoms with van der Waals surface area (Å²) >= 11 is 5.90. The van der Waals surface area contributed by atoms with Crippen LogP contribution in [0, 0.1) is 6.92 Å². The zero-order valence-corrected chi connectivity index (χ0v) is 14.1. The minimum absolute atomic E-state index is 0.0300. The van der Waals surface area contributed by atoms with Gasteiger partial charge < -0.3 is 15.4 Å². The normalized spacial score (nSPS) is 10.4. The van der Waals surface area contributed by atoms with Crippen LogP contribution in [0.25, 0.3) is 0 Å². The van der Waals surface area contributed by atoms with Gasteiger partial charge in [0.2, 0.25) is 0 Å². The first-order valence-corrected chi connectivity index (χ1v) is 7.85. The largest absolute Gasteiger partial charge is 0.493 e. The number of hydrogen-bond acceptors (Lipinski definition) is 3. The van der Waals surface area contributed by atoms with E-state index in [1.807, 2.05) is 25.1 Å². The number of aryl methyl sites for hydroxylation is 1. The summed E-state index contributed by atoms with van der Waals surface area (Å²) in [4.78, 5) is 14.1.